The van der Waals surface area contributed by atoms with Gasteiger partial charge in [0.25, 0.3) is 0 Å². The maximum absolute atomic E-state index is 14.1. The normalized spacial score (nSPS) is 24.9. The fraction of sp³-hybridized carbons (Fsp3) is 0.625. The number of hydrogen-bond donors (Lipinski definition) is 1. The molecule has 0 heterocycles. The number of rotatable bonds is 4. The van der Waals surface area contributed by atoms with Gasteiger partial charge in [0.15, 0.2) is 0 Å². The Balaban J connectivity index is 2.24. The van der Waals surface area contributed by atoms with Crippen molar-refractivity contribution in [2.75, 3.05) is 13.6 Å². The second-order valence-electron chi connectivity index (χ2n) is 5.91. The number of likely N-dealkylation sites (N-methyl/N-ethyl adjacent to an activating group) is 1. The van der Waals surface area contributed by atoms with Crippen molar-refractivity contribution in [1.29, 1.82) is 0 Å². The zero-order valence-electron chi connectivity index (χ0n) is 12.3. The van der Waals surface area contributed by atoms with E-state index in [1.807, 2.05) is 6.07 Å². The van der Waals surface area contributed by atoms with Crippen LogP contribution >= 0.6 is 15.9 Å². The highest BCUT2D eigenvalue weighted by Gasteiger charge is 2.30. The van der Waals surface area contributed by atoms with Crippen molar-refractivity contribution >= 4 is 15.9 Å². The lowest BCUT2D eigenvalue weighted by Gasteiger charge is -2.40. The molecule has 0 spiro atoms. The molecule has 3 atom stereocenters. The minimum Gasteiger partial charge on any atom is -0.329 e. The third-order valence-electron chi connectivity index (χ3n) is 4.62. The predicted octanol–water partition coefficient (Wildman–Crippen LogP) is 4.10. The van der Waals surface area contributed by atoms with Gasteiger partial charge in [0.1, 0.15) is 5.82 Å². The molecule has 112 valence electrons. The van der Waals surface area contributed by atoms with Gasteiger partial charge in [-0.1, -0.05) is 35.7 Å². The summed E-state index contributed by atoms with van der Waals surface area (Å²) in [5.74, 6) is 0.483. The number of halogens is 2. The summed E-state index contributed by atoms with van der Waals surface area (Å²) in [5.41, 5.74) is 6.65. The lowest BCUT2D eigenvalue weighted by Crippen LogP contribution is -2.43. The molecule has 1 aromatic rings. The van der Waals surface area contributed by atoms with Gasteiger partial charge in [0, 0.05) is 28.7 Å². The summed E-state index contributed by atoms with van der Waals surface area (Å²) in [6.07, 6.45) is 5.01. The lowest BCUT2D eigenvalue weighted by atomic mass is 9.84. The topological polar surface area (TPSA) is 29.3 Å². The molecule has 0 radical (unpaired) electrons. The van der Waals surface area contributed by atoms with Crippen LogP contribution in [0.4, 0.5) is 4.39 Å². The van der Waals surface area contributed by atoms with Crippen LogP contribution in [0.25, 0.3) is 0 Å². The van der Waals surface area contributed by atoms with Gasteiger partial charge in [-0.05, 0) is 44.0 Å². The number of hydrogen-bond acceptors (Lipinski definition) is 2. The Morgan fingerprint density at radius 3 is 2.75 bits per heavy atom. The van der Waals surface area contributed by atoms with Crippen LogP contribution in [0, 0.1) is 11.7 Å². The van der Waals surface area contributed by atoms with Crippen molar-refractivity contribution in [2.45, 2.75) is 44.7 Å². The van der Waals surface area contributed by atoms with Gasteiger partial charge >= 0.3 is 0 Å². The molecule has 1 aliphatic carbocycles. The second-order valence-corrected chi connectivity index (χ2v) is 6.83. The molecule has 1 aliphatic rings. The van der Waals surface area contributed by atoms with Gasteiger partial charge in [-0.25, -0.2) is 4.39 Å². The molecule has 3 unspecified atom stereocenters. The third kappa shape index (κ3) is 3.41. The summed E-state index contributed by atoms with van der Waals surface area (Å²) < 4.78 is 15.0. The van der Waals surface area contributed by atoms with Crippen molar-refractivity contribution in [3.63, 3.8) is 0 Å². The largest absolute Gasteiger partial charge is 0.329 e. The molecular formula is C16H24BrFN2. The molecule has 0 aromatic heterocycles. The van der Waals surface area contributed by atoms with Gasteiger partial charge in [-0.2, -0.15) is 0 Å². The van der Waals surface area contributed by atoms with Crippen LogP contribution in [-0.4, -0.2) is 24.5 Å². The second kappa shape index (κ2) is 7.01. The van der Waals surface area contributed by atoms with E-state index in [0.717, 1.165) is 4.47 Å². The minimum absolute atomic E-state index is 0.0574. The summed E-state index contributed by atoms with van der Waals surface area (Å²) in [6.45, 7) is 2.73. The molecular weight excluding hydrogens is 319 g/mol. The molecule has 4 heteroatoms. The predicted molar refractivity (Wildman–Crippen MR) is 85.1 cm³/mol. The van der Waals surface area contributed by atoms with Crippen LogP contribution in [0.3, 0.4) is 0 Å². The van der Waals surface area contributed by atoms with Gasteiger partial charge in [-0.3, -0.25) is 4.90 Å². The van der Waals surface area contributed by atoms with Crippen molar-refractivity contribution in [3.8, 4) is 0 Å². The average molecular weight is 343 g/mol. The maximum Gasteiger partial charge on any atom is 0.128 e. The monoisotopic (exact) mass is 342 g/mol. The molecule has 1 fully saturated rings. The van der Waals surface area contributed by atoms with E-state index in [-0.39, 0.29) is 11.9 Å². The van der Waals surface area contributed by atoms with Crippen LogP contribution in [0.1, 0.15) is 44.2 Å². The van der Waals surface area contributed by atoms with E-state index in [1.54, 1.807) is 6.07 Å². The van der Waals surface area contributed by atoms with Crippen molar-refractivity contribution in [1.82, 2.24) is 4.90 Å². The van der Waals surface area contributed by atoms with E-state index in [4.69, 9.17) is 5.73 Å². The first-order valence-corrected chi connectivity index (χ1v) is 8.20. The fourth-order valence-corrected chi connectivity index (χ4v) is 3.79. The highest BCUT2D eigenvalue weighted by molar-refractivity contribution is 9.10. The molecule has 20 heavy (non-hydrogen) atoms. The Hall–Kier alpha value is -0.450. The highest BCUT2D eigenvalue weighted by Crippen LogP contribution is 2.33. The molecule has 1 aromatic carbocycles. The minimum atomic E-state index is -0.168. The van der Waals surface area contributed by atoms with Gasteiger partial charge in [-0.15, -0.1) is 0 Å². The van der Waals surface area contributed by atoms with E-state index in [2.05, 4.69) is 34.8 Å². The summed E-state index contributed by atoms with van der Waals surface area (Å²) in [4.78, 5) is 2.29. The molecule has 2 rings (SSSR count). The summed E-state index contributed by atoms with van der Waals surface area (Å²) in [7, 11) is 2.09. The van der Waals surface area contributed by atoms with Crippen molar-refractivity contribution < 1.29 is 4.39 Å². The van der Waals surface area contributed by atoms with Crippen LogP contribution < -0.4 is 5.73 Å². The quantitative estimate of drug-likeness (QED) is 0.892. The lowest BCUT2D eigenvalue weighted by molar-refractivity contribution is 0.0975. The smallest absolute Gasteiger partial charge is 0.128 e. The Labute approximate surface area is 129 Å². The Bertz CT molecular complexity index is 452. The number of nitrogens with two attached hydrogens (primary N) is 1. The molecule has 0 saturated heterocycles. The first kappa shape index (κ1) is 15.9. The summed E-state index contributed by atoms with van der Waals surface area (Å²) in [6, 6.07) is 5.54. The van der Waals surface area contributed by atoms with Crippen LogP contribution in [0.15, 0.2) is 22.7 Å². The van der Waals surface area contributed by atoms with Gasteiger partial charge < -0.3 is 5.73 Å². The SMILES string of the molecule is CC1CCCCC1N(C)C(CN)c1cc(Br)ccc1F. The third-order valence-corrected chi connectivity index (χ3v) is 5.11. The van der Waals surface area contributed by atoms with Crippen molar-refractivity contribution in [2.24, 2.45) is 11.7 Å². The zero-order valence-corrected chi connectivity index (χ0v) is 13.9. The molecule has 0 amide bonds. The fourth-order valence-electron chi connectivity index (χ4n) is 3.42. The molecule has 2 N–H and O–H groups in total. The van der Waals surface area contributed by atoms with Crippen LogP contribution in [0.2, 0.25) is 0 Å². The van der Waals surface area contributed by atoms with Crippen LogP contribution in [0.5, 0.6) is 0 Å². The van der Waals surface area contributed by atoms with E-state index < -0.39 is 0 Å². The molecule has 2 nitrogen and oxygen atoms in total. The number of nitrogens with zero attached hydrogens (tertiary/aromatic N) is 1. The number of benzene rings is 1. The summed E-state index contributed by atoms with van der Waals surface area (Å²) in [5, 5.41) is 0. The maximum atomic E-state index is 14.1. The molecule has 0 aliphatic heterocycles. The Morgan fingerprint density at radius 2 is 2.10 bits per heavy atom. The van der Waals surface area contributed by atoms with E-state index in [0.29, 0.717) is 24.1 Å². The van der Waals surface area contributed by atoms with E-state index in [9.17, 15) is 4.39 Å². The molecule has 1 saturated carbocycles. The van der Waals surface area contributed by atoms with Gasteiger partial charge in [0.2, 0.25) is 0 Å². The summed E-state index contributed by atoms with van der Waals surface area (Å²) >= 11 is 3.42. The standard InChI is InChI=1S/C16H24BrFN2/c1-11-5-3-4-6-15(11)20(2)16(10-19)13-9-12(17)7-8-14(13)18/h7-9,11,15-16H,3-6,10,19H2,1-2H3. The van der Waals surface area contributed by atoms with Gasteiger partial charge in [0.05, 0.1) is 0 Å². The molecule has 0 bridgehead atoms. The van der Waals surface area contributed by atoms with E-state index >= 15 is 0 Å². The van der Waals surface area contributed by atoms with Crippen molar-refractivity contribution in [3.05, 3.63) is 34.1 Å². The first-order valence-electron chi connectivity index (χ1n) is 7.41. The first-order chi connectivity index (χ1) is 9.54. The Morgan fingerprint density at radius 1 is 1.40 bits per heavy atom. The Kier molecular flexibility index (Phi) is 5.58. The van der Waals surface area contributed by atoms with E-state index in [1.165, 1.54) is 31.7 Å². The highest BCUT2D eigenvalue weighted by atomic mass is 79.9. The van der Waals surface area contributed by atoms with Crippen LogP contribution in [-0.2, 0) is 0 Å². The zero-order chi connectivity index (χ0) is 14.7. The average Bonchev–Trinajstić information content (AvgIpc) is 2.44.